The molecule has 0 bridgehead atoms. The van der Waals surface area contributed by atoms with Crippen molar-refractivity contribution in [1.82, 2.24) is 4.98 Å². The van der Waals surface area contributed by atoms with Crippen molar-refractivity contribution in [2.75, 3.05) is 13.2 Å². The average Bonchev–Trinajstić information content (AvgIpc) is 2.75. The topological polar surface area (TPSA) is 48.1 Å². The third-order valence-electron chi connectivity index (χ3n) is 2.47. The average molecular weight is 250 g/mol. The summed E-state index contributed by atoms with van der Waals surface area (Å²) in [5.41, 5.74) is 6.57. The molecule has 4 heteroatoms. The predicted molar refractivity (Wildman–Crippen MR) is 72.8 cm³/mol. The largest absolute Gasteiger partial charge is 0.494 e. The molecule has 1 heterocycles. The summed E-state index contributed by atoms with van der Waals surface area (Å²) in [6.45, 7) is 3.60. The molecular formula is C13H18N2OS. The van der Waals surface area contributed by atoms with Crippen LogP contribution in [0.25, 0.3) is 10.2 Å². The van der Waals surface area contributed by atoms with Crippen molar-refractivity contribution in [1.29, 1.82) is 0 Å². The maximum absolute atomic E-state index is 5.61. The molecule has 0 aliphatic carbocycles. The van der Waals surface area contributed by atoms with E-state index in [0.717, 1.165) is 48.7 Å². The van der Waals surface area contributed by atoms with Crippen molar-refractivity contribution in [3.8, 4) is 5.75 Å². The van der Waals surface area contributed by atoms with Crippen LogP contribution in [-0.4, -0.2) is 18.1 Å². The molecule has 0 aliphatic rings. The number of nitrogens with zero attached hydrogens (tertiary/aromatic N) is 1. The highest BCUT2D eigenvalue weighted by atomic mass is 32.1. The van der Waals surface area contributed by atoms with Gasteiger partial charge in [-0.15, -0.1) is 11.3 Å². The van der Waals surface area contributed by atoms with E-state index in [9.17, 15) is 0 Å². The van der Waals surface area contributed by atoms with Crippen molar-refractivity contribution in [3.63, 3.8) is 0 Å². The number of hydrogen-bond acceptors (Lipinski definition) is 4. The van der Waals surface area contributed by atoms with Crippen LogP contribution in [0, 0.1) is 0 Å². The lowest BCUT2D eigenvalue weighted by Crippen LogP contribution is -1.99. The number of hydrogen-bond donors (Lipinski definition) is 1. The zero-order valence-electron chi connectivity index (χ0n) is 10.1. The molecule has 0 radical (unpaired) electrons. The fraction of sp³-hybridized carbons (Fsp3) is 0.462. The van der Waals surface area contributed by atoms with Gasteiger partial charge in [0.1, 0.15) is 5.75 Å². The number of nitrogens with two attached hydrogens (primary N) is 1. The van der Waals surface area contributed by atoms with E-state index >= 15 is 0 Å². The summed E-state index contributed by atoms with van der Waals surface area (Å²) >= 11 is 1.74. The van der Waals surface area contributed by atoms with E-state index in [4.69, 9.17) is 10.5 Å². The summed E-state index contributed by atoms with van der Waals surface area (Å²) in [6, 6.07) is 6.10. The van der Waals surface area contributed by atoms with E-state index in [-0.39, 0.29) is 0 Å². The Bertz CT molecular complexity index is 475. The van der Waals surface area contributed by atoms with E-state index in [2.05, 4.69) is 18.0 Å². The quantitative estimate of drug-likeness (QED) is 0.857. The summed E-state index contributed by atoms with van der Waals surface area (Å²) in [6.07, 6.45) is 3.00. The smallest absolute Gasteiger partial charge is 0.120 e. The van der Waals surface area contributed by atoms with Crippen molar-refractivity contribution >= 4 is 21.6 Å². The molecule has 1 aromatic carbocycles. The first-order valence-corrected chi connectivity index (χ1v) is 6.87. The van der Waals surface area contributed by atoms with Crippen molar-refractivity contribution < 1.29 is 4.74 Å². The van der Waals surface area contributed by atoms with E-state index in [1.165, 1.54) is 4.70 Å². The molecule has 1 aromatic heterocycles. The number of benzene rings is 1. The Morgan fingerprint density at radius 2 is 2.29 bits per heavy atom. The number of ether oxygens (including phenoxy) is 1. The van der Waals surface area contributed by atoms with E-state index in [0.29, 0.717) is 0 Å². The molecule has 0 fully saturated rings. The lowest BCUT2D eigenvalue weighted by Gasteiger charge is -2.02. The summed E-state index contributed by atoms with van der Waals surface area (Å²) in [7, 11) is 0. The molecule has 0 aliphatic heterocycles. The molecular weight excluding hydrogens is 232 g/mol. The minimum Gasteiger partial charge on any atom is -0.494 e. The molecule has 3 nitrogen and oxygen atoms in total. The number of aryl methyl sites for hydroxylation is 1. The third-order valence-corrected chi connectivity index (χ3v) is 3.55. The van der Waals surface area contributed by atoms with Gasteiger partial charge in [0.05, 0.1) is 21.8 Å². The van der Waals surface area contributed by atoms with Crippen LogP contribution in [0.5, 0.6) is 5.75 Å². The van der Waals surface area contributed by atoms with Gasteiger partial charge in [-0.2, -0.15) is 0 Å². The third kappa shape index (κ3) is 3.17. The fourth-order valence-corrected chi connectivity index (χ4v) is 2.66. The molecule has 2 aromatic rings. The predicted octanol–water partition coefficient (Wildman–Crippen LogP) is 2.98. The van der Waals surface area contributed by atoms with Crippen LogP contribution in [0.1, 0.15) is 24.8 Å². The molecule has 0 saturated carbocycles. The van der Waals surface area contributed by atoms with Crippen molar-refractivity contribution in [2.45, 2.75) is 26.2 Å². The molecule has 92 valence electrons. The van der Waals surface area contributed by atoms with E-state index in [1.807, 2.05) is 12.1 Å². The number of thiazole rings is 1. The van der Waals surface area contributed by atoms with Gasteiger partial charge in [0, 0.05) is 6.42 Å². The van der Waals surface area contributed by atoms with Gasteiger partial charge in [0.25, 0.3) is 0 Å². The Labute approximate surface area is 106 Å². The van der Waals surface area contributed by atoms with E-state index < -0.39 is 0 Å². The van der Waals surface area contributed by atoms with Crippen LogP contribution >= 0.6 is 11.3 Å². The molecule has 0 atom stereocenters. The van der Waals surface area contributed by atoms with Gasteiger partial charge in [-0.1, -0.05) is 6.92 Å². The zero-order chi connectivity index (χ0) is 12.1. The second-order valence-corrected chi connectivity index (χ2v) is 5.09. The molecule has 0 amide bonds. The summed E-state index contributed by atoms with van der Waals surface area (Å²) in [4.78, 5) is 4.58. The van der Waals surface area contributed by atoms with Gasteiger partial charge in [-0.05, 0) is 37.6 Å². The maximum atomic E-state index is 5.61. The zero-order valence-corrected chi connectivity index (χ0v) is 10.9. The minimum atomic E-state index is 0.723. The number of aromatic nitrogens is 1. The van der Waals surface area contributed by atoms with Crippen LogP contribution in [0.15, 0.2) is 18.2 Å². The van der Waals surface area contributed by atoms with Crippen LogP contribution in [0.2, 0.25) is 0 Å². The van der Waals surface area contributed by atoms with Crippen LogP contribution < -0.4 is 10.5 Å². The standard InChI is InChI=1S/C13H18N2OS/c1-2-8-16-10-5-6-11-12(9-10)17-13(15-11)4-3-7-14/h5-6,9H,2-4,7-8,14H2,1H3. The summed E-state index contributed by atoms with van der Waals surface area (Å²) in [5, 5.41) is 1.16. The summed E-state index contributed by atoms with van der Waals surface area (Å²) in [5.74, 6) is 0.938. The van der Waals surface area contributed by atoms with Gasteiger partial charge in [0.15, 0.2) is 0 Å². The Morgan fingerprint density at radius 3 is 3.06 bits per heavy atom. The molecule has 2 N–H and O–H groups in total. The number of fused-ring (bicyclic) bond motifs is 1. The lowest BCUT2D eigenvalue weighted by molar-refractivity contribution is 0.318. The van der Waals surface area contributed by atoms with Gasteiger partial charge in [0.2, 0.25) is 0 Å². The SMILES string of the molecule is CCCOc1ccc2nc(CCCN)sc2c1. The Hall–Kier alpha value is -1.13. The van der Waals surface area contributed by atoms with Crippen molar-refractivity contribution in [3.05, 3.63) is 23.2 Å². The normalized spacial score (nSPS) is 10.9. The first-order chi connectivity index (χ1) is 8.33. The molecule has 0 saturated heterocycles. The monoisotopic (exact) mass is 250 g/mol. The van der Waals surface area contributed by atoms with Crippen molar-refractivity contribution in [2.24, 2.45) is 5.73 Å². The Morgan fingerprint density at radius 1 is 1.41 bits per heavy atom. The highest BCUT2D eigenvalue weighted by Gasteiger charge is 2.04. The maximum Gasteiger partial charge on any atom is 0.120 e. The van der Waals surface area contributed by atoms with Gasteiger partial charge in [-0.3, -0.25) is 0 Å². The Balaban J connectivity index is 2.15. The van der Waals surface area contributed by atoms with Gasteiger partial charge >= 0.3 is 0 Å². The first-order valence-electron chi connectivity index (χ1n) is 6.06. The van der Waals surface area contributed by atoms with E-state index in [1.54, 1.807) is 11.3 Å². The summed E-state index contributed by atoms with van der Waals surface area (Å²) < 4.78 is 6.81. The van der Waals surface area contributed by atoms with Crippen LogP contribution in [0.4, 0.5) is 0 Å². The Kier molecular flexibility index (Phi) is 4.34. The minimum absolute atomic E-state index is 0.723. The second-order valence-electron chi connectivity index (χ2n) is 3.98. The van der Waals surface area contributed by atoms with Gasteiger partial charge < -0.3 is 10.5 Å². The molecule has 2 rings (SSSR count). The fourth-order valence-electron chi connectivity index (χ4n) is 1.62. The highest BCUT2D eigenvalue weighted by molar-refractivity contribution is 7.18. The van der Waals surface area contributed by atoms with Crippen LogP contribution in [-0.2, 0) is 6.42 Å². The van der Waals surface area contributed by atoms with Gasteiger partial charge in [-0.25, -0.2) is 4.98 Å². The number of rotatable bonds is 6. The second kappa shape index (κ2) is 5.98. The first kappa shape index (κ1) is 12.3. The molecule has 17 heavy (non-hydrogen) atoms. The van der Waals surface area contributed by atoms with Crippen LogP contribution in [0.3, 0.4) is 0 Å². The molecule has 0 unspecified atom stereocenters. The molecule has 0 spiro atoms. The highest BCUT2D eigenvalue weighted by Crippen LogP contribution is 2.27. The lowest BCUT2D eigenvalue weighted by atomic mass is 10.3.